The summed E-state index contributed by atoms with van der Waals surface area (Å²) >= 11 is 0. The number of hydrogen-bond acceptors (Lipinski definition) is 3. The number of urea groups is 1. The molecule has 1 aromatic rings. The number of pyridine rings is 1. The summed E-state index contributed by atoms with van der Waals surface area (Å²) in [5, 5.41) is 0. The maximum Gasteiger partial charge on any atom is 0.320 e. The third-order valence-corrected chi connectivity index (χ3v) is 6.86. The second-order valence-corrected chi connectivity index (χ2v) is 9.01. The van der Waals surface area contributed by atoms with E-state index in [1.165, 1.54) is 58.0 Å². The second kappa shape index (κ2) is 9.73. The van der Waals surface area contributed by atoms with E-state index < -0.39 is 0 Å². The van der Waals surface area contributed by atoms with Gasteiger partial charge in [0.15, 0.2) is 0 Å². The van der Waals surface area contributed by atoms with Gasteiger partial charge < -0.3 is 14.7 Å². The van der Waals surface area contributed by atoms with Crippen molar-refractivity contribution < 1.29 is 4.79 Å². The van der Waals surface area contributed by atoms with Crippen LogP contribution in [0.15, 0.2) is 24.5 Å². The summed E-state index contributed by atoms with van der Waals surface area (Å²) in [7, 11) is 0. The molecular formula is C23H36N4O. The normalized spacial score (nSPS) is 24.4. The molecule has 0 radical (unpaired) electrons. The fourth-order valence-corrected chi connectivity index (χ4v) is 5.37. The van der Waals surface area contributed by atoms with Crippen LogP contribution in [0.2, 0.25) is 0 Å². The topological polar surface area (TPSA) is 39.7 Å². The lowest BCUT2D eigenvalue weighted by Crippen LogP contribution is -2.49. The molecule has 3 heterocycles. The van der Waals surface area contributed by atoms with Crippen LogP contribution in [0.3, 0.4) is 0 Å². The van der Waals surface area contributed by atoms with Gasteiger partial charge in [0.05, 0.1) is 0 Å². The van der Waals surface area contributed by atoms with Crippen molar-refractivity contribution in [1.29, 1.82) is 0 Å². The Morgan fingerprint density at radius 3 is 2.61 bits per heavy atom. The van der Waals surface area contributed by atoms with E-state index in [4.69, 9.17) is 0 Å². The maximum atomic E-state index is 13.2. The first-order valence-electron chi connectivity index (χ1n) is 11.5. The average molecular weight is 385 g/mol. The van der Waals surface area contributed by atoms with Crippen LogP contribution in [0.5, 0.6) is 0 Å². The fourth-order valence-electron chi connectivity index (χ4n) is 5.37. The predicted molar refractivity (Wildman–Crippen MR) is 112 cm³/mol. The van der Waals surface area contributed by atoms with E-state index in [1.54, 1.807) is 6.20 Å². The van der Waals surface area contributed by atoms with Crippen molar-refractivity contribution in [3.8, 4) is 0 Å². The predicted octanol–water partition coefficient (Wildman–Crippen LogP) is 4.14. The highest BCUT2D eigenvalue weighted by atomic mass is 16.2. The lowest BCUT2D eigenvalue weighted by atomic mass is 9.90. The molecule has 4 rings (SSSR count). The summed E-state index contributed by atoms with van der Waals surface area (Å²) < 4.78 is 0. The maximum absolute atomic E-state index is 13.2. The zero-order chi connectivity index (χ0) is 19.2. The Labute approximate surface area is 170 Å². The van der Waals surface area contributed by atoms with Gasteiger partial charge in [0.1, 0.15) is 0 Å². The number of aromatic nitrogens is 1. The zero-order valence-electron chi connectivity index (χ0n) is 17.3. The minimum absolute atomic E-state index is 0.233. The van der Waals surface area contributed by atoms with E-state index in [0.29, 0.717) is 12.5 Å². The highest BCUT2D eigenvalue weighted by molar-refractivity contribution is 5.74. The Kier molecular flexibility index (Phi) is 6.84. The molecule has 1 aliphatic carbocycles. The standard InChI is InChI=1S/C23H36N4O/c28-23(25-13-4-5-14-25)27(17-20-8-6-12-24-16-20)19-21-9-7-15-26(18-21)22-10-2-1-3-11-22/h6,8,12,16,21-22H,1-5,7,9-11,13-15,17-19H2/t21-/m1/s1. The van der Waals surface area contributed by atoms with Crippen molar-refractivity contribution in [2.24, 2.45) is 5.92 Å². The third-order valence-electron chi connectivity index (χ3n) is 6.86. The Morgan fingerprint density at radius 1 is 1.04 bits per heavy atom. The minimum Gasteiger partial charge on any atom is -0.325 e. The van der Waals surface area contributed by atoms with Gasteiger partial charge in [-0.3, -0.25) is 4.98 Å². The molecule has 0 bridgehead atoms. The number of nitrogens with zero attached hydrogens (tertiary/aromatic N) is 4. The van der Waals surface area contributed by atoms with Gasteiger partial charge in [0.25, 0.3) is 0 Å². The van der Waals surface area contributed by atoms with Crippen LogP contribution in [0.1, 0.15) is 63.4 Å². The van der Waals surface area contributed by atoms with Gasteiger partial charge >= 0.3 is 6.03 Å². The molecular weight excluding hydrogens is 348 g/mol. The minimum atomic E-state index is 0.233. The number of amides is 2. The van der Waals surface area contributed by atoms with E-state index in [9.17, 15) is 4.79 Å². The van der Waals surface area contributed by atoms with Crippen LogP contribution in [0.4, 0.5) is 4.79 Å². The average Bonchev–Trinajstić information content (AvgIpc) is 3.29. The number of carbonyl (C=O) groups excluding carboxylic acids is 1. The molecule has 1 atom stereocenters. The molecule has 2 amide bonds. The molecule has 3 aliphatic rings. The molecule has 5 heteroatoms. The van der Waals surface area contributed by atoms with Gasteiger partial charge in [-0.05, 0) is 62.6 Å². The Hall–Kier alpha value is -1.62. The Bertz CT molecular complexity index is 610. The Morgan fingerprint density at radius 2 is 1.86 bits per heavy atom. The molecule has 154 valence electrons. The van der Waals surface area contributed by atoms with Crippen LogP contribution >= 0.6 is 0 Å². The summed E-state index contributed by atoms with van der Waals surface area (Å²) in [6, 6.07) is 5.08. The molecule has 1 aromatic heterocycles. The van der Waals surface area contributed by atoms with E-state index in [2.05, 4.69) is 25.8 Å². The van der Waals surface area contributed by atoms with Crippen LogP contribution in [-0.4, -0.2) is 64.5 Å². The third kappa shape index (κ3) is 5.05. The van der Waals surface area contributed by atoms with Gasteiger partial charge in [0.2, 0.25) is 0 Å². The Balaban J connectivity index is 1.41. The van der Waals surface area contributed by atoms with Crippen LogP contribution in [0, 0.1) is 5.92 Å². The first-order valence-corrected chi connectivity index (χ1v) is 11.5. The lowest BCUT2D eigenvalue weighted by molar-refractivity contribution is 0.0795. The largest absolute Gasteiger partial charge is 0.325 e. The number of piperidine rings is 1. The fraction of sp³-hybridized carbons (Fsp3) is 0.739. The molecule has 3 fully saturated rings. The molecule has 28 heavy (non-hydrogen) atoms. The number of likely N-dealkylation sites (tertiary alicyclic amines) is 2. The molecule has 1 saturated carbocycles. The number of rotatable bonds is 5. The van der Waals surface area contributed by atoms with E-state index in [-0.39, 0.29) is 6.03 Å². The molecule has 2 aliphatic heterocycles. The van der Waals surface area contributed by atoms with Crippen molar-refractivity contribution in [1.82, 2.24) is 19.7 Å². The van der Waals surface area contributed by atoms with Crippen molar-refractivity contribution >= 4 is 6.03 Å². The summed E-state index contributed by atoms with van der Waals surface area (Å²) in [6.45, 7) is 5.82. The summed E-state index contributed by atoms with van der Waals surface area (Å²) in [5.41, 5.74) is 1.13. The number of hydrogen-bond donors (Lipinski definition) is 0. The van der Waals surface area contributed by atoms with Gasteiger partial charge in [-0.25, -0.2) is 4.79 Å². The summed E-state index contributed by atoms with van der Waals surface area (Å²) in [4.78, 5) is 24.4. The van der Waals surface area contributed by atoms with Crippen molar-refractivity contribution in [2.45, 2.75) is 70.4 Å². The zero-order valence-corrected chi connectivity index (χ0v) is 17.3. The smallest absolute Gasteiger partial charge is 0.320 e. The summed E-state index contributed by atoms with van der Waals surface area (Å²) in [6.07, 6.45) is 15.5. The van der Waals surface area contributed by atoms with Crippen molar-refractivity contribution in [2.75, 3.05) is 32.7 Å². The highest BCUT2D eigenvalue weighted by Gasteiger charge is 2.30. The van der Waals surface area contributed by atoms with E-state index >= 15 is 0 Å². The van der Waals surface area contributed by atoms with Gasteiger partial charge in [0, 0.05) is 51.2 Å². The van der Waals surface area contributed by atoms with Crippen molar-refractivity contribution in [3.63, 3.8) is 0 Å². The molecule has 5 nitrogen and oxygen atoms in total. The summed E-state index contributed by atoms with van der Waals surface area (Å²) in [5.74, 6) is 0.596. The van der Waals surface area contributed by atoms with Crippen LogP contribution in [-0.2, 0) is 6.54 Å². The van der Waals surface area contributed by atoms with E-state index in [1.807, 2.05) is 12.3 Å². The first-order chi connectivity index (χ1) is 13.8. The highest BCUT2D eigenvalue weighted by Crippen LogP contribution is 2.28. The quantitative estimate of drug-likeness (QED) is 0.766. The number of carbonyl (C=O) groups is 1. The molecule has 0 N–H and O–H groups in total. The second-order valence-electron chi connectivity index (χ2n) is 9.01. The van der Waals surface area contributed by atoms with Gasteiger partial charge in [-0.1, -0.05) is 25.3 Å². The van der Waals surface area contributed by atoms with E-state index in [0.717, 1.165) is 44.1 Å². The first kappa shape index (κ1) is 19.7. The SMILES string of the molecule is O=C(N1CCCC1)N(Cc1cccnc1)C[C@@H]1CCCN(C2CCCCC2)C1. The molecule has 0 unspecified atom stereocenters. The van der Waals surface area contributed by atoms with Gasteiger partial charge in [-0.15, -0.1) is 0 Å². The monoisotopic (exact) mass is 384 g/mol. The van der Waals surface area contributed by atoms with Crippen LogP contribution < -0.4 is 0 Å². The molecule has 2 saturated heterocycles. The van der Waals surface area contributed by atoms with Crippen LogP contribution in [0.25, 0.3) is 0 Å². The lowest BCUT2D eigenvalue weighted by Gasteiger charge is -2.41. The molecule has 0 aromatic carbocycles. The van der Waals surface area contributed by atoms with Gasteiger partial charge in [-0.2, -0.15) is 0 Å². The van der Waals surface area contributed by atoms with Crippen molar-refractivity contribution in [3.05, 3.63) is 30.1 Å². The molecule has 0 spiro atoms.